The van der Waals surface area contributed by atoms with Gasteiger partial charge in [0.05, 0.1) is 4.91 Å². The van der Waals surface area contributed by atoms with Crippen molar-refractivity contribution >= 4 is 36.3 Å². The number of benzene rings is 2. The second-order valence-electron chi connectivity index (χ2n) is 7.75. The molecule has 1 aliphatic rings. The van der Waals surface area contributed by atoms with Gasteiger partial charge >= 0.3 is 0 Å². The molecule has 0 aliphatic carbocycles. The van der Waals surface area contributed by atoms with E-state index >= 15 is 0 Å². The van der Waals surface area contributed by atoms with Crippen LogP contribution in [-0.4, -0.2) is 53.8 Å². The molecular formula is C29H37N3O2S2. The van der Waals surface area contributed by atoms with Crippen molar-refractivity contribution in [1.82, 2.24) is 9.21 Å². The number of allylic oxidation sites excluding steroid dienone is 3. The van der Waals surface area contributed by atoms with Crippen LogP contribution in [0.15, 0.2) is 100 Å². The minimum atomic E-state index is 0.103. The van der Waals surface area contributed by atoms with Gasteiger partial charge in [-0.2, -0.15) is 0 Å². The maximum atomic E-state index is 12.7. The molecule has 1 amide bonds. The number of hydrogen-bond acceptors (Lipinski definition) is 6. The summed E-state index contributed by atoms with van der Waals surface area (Å²) in [4.78, 5) is 21.1. The van der Waals surface area contributed by atoms with E-state index in [1.165, 1.54) is 5.56 Å². The van der Waals surface area contributed by atoms with Crippen LogP contribution in [0.3, 0.4) is 0 Å². The van der Waals surface area contributed by atoms with Gasteiger partial charge in [0.2, 0.25) is 0 Å². The zero-order valence-electron chi connectivity index (χ0n) is 21.7. The van der Waals surface area contributed by atoms with Gasteiger partial charge < -0.3 is 9.74 Å². The molecular weight excluding hydrogens is 486 g/mol. The van der Waals surface area contributed by atoms with Crippen LogP contribution in [0.1, 0.15) is 36.7 Å². The molecule has 0 bridgehead atoms. The molecule has 1 atom stereocenters. The van der Waals surface area contributed by atoms with E-state index in [1.807, 2.05) is 91.8 Å². The van der Waals surface area contributed by atoms with Crippen LogP contribution in [-0.2, 0) is 11.3 Å². The number of carbonyl (C=O) groups excluding carboxylic acids is 1. The fourth-order valence-electron chi connectivity index (χ4n) is 3.61. The van der Waals surface area contributed by atoms with Gasteiger partial charge in [-0.1, -0.05) is 73.6 Å². The fraction of sp³-hybridized carbons (Fsp3) is 0.310. The zero-order chi connectivity index (χ0) is 26.2. The standard InChI is InChI=1S/C27H31N3O2S2.C2H6/c1-22-21-29(27(31)24-13-8-5-9-14-24)18-19-30(22)34-20-10-15-26(33-3)25(32-28-2)17-16-23-11-6-4-7-12-23;1-2/h4-15,17,20,22H,2,16,18-19,21H2,1,3H3;1-2H3/b20-10+,25-17-,26-15-;. The van der Waals surface area contributed by atoms with Crippen LogP contribution in [0.2, 0.25) is 0 Å². The SMILES string of the molecule is C=NOC(=C\Cc1ccccc1)/C(=C/C=C/SN1CCN(C(=O)c2ccccc2)CC1C)SC.CC. The van der Waals surface area contributed by atoms with E-state index in [0.29, 0.717) is 12.3 Å². The van der Waals surface area contributed by atoms with Crippen molar-refractivity contribution in [1.29, 1.82) is 0 Å². The van der Waals surface area contributed by atoms with Crippen molar-refractivity contribution in [2.45, 2.75) is 33.2 Å². The van der Waals surface area contributed by atoms with Crippen LogP contribution in [0, 0.1) is 0 Å². The van der Waals surface area contributed by atoms with Crippen molar-refractivity contribution in [3.8, 4) is 0 Å². The third kappa shape index (κ3) is 9.37. The molecule has 192 valence electrons. The lowest BCUT2D eigenvalue weighted by Gasteiger charge is -2.38. The Morgan fingerprint density at radius 2 is 1.78 bits per heavy atom. The Balaban J connectivity index is 0.00000222. The maximum absolute atomic E-state index is 12.7. The molecule has 5 nitrogen and oxygen atoms in total. The molecule has 0 N–H and O–H groups in total. The van der Waals surface area contributed by atoms with Gasteiger partial charge in [-0.05, 0) is 66.8 Å². The number of oxime groups is 1. The molecule has 0 saturated carbocycles. The van der Waals surface area contributed by atoms with E-state index in [9.17, 15) is 4.79 Å². The summed E-state index contributed by atoms with van der Waals surface area (Å²) in [5.41, 5.74) is 1.95. The van der Waals surface area contributed by atoms with Crippen LogP contribution in [0.5, 0.6) is 0 Å². The van der Waals surface area contributed by atoms with Gasteiger partial charge in [0.25, 0.3) is 5.91 Å². The molecule has 2 aromatic rings. The molecule has 2 aromatic carbocycles. The van der Waals surface area contributed by atoms with E-state index in [2.05, 4.69) is 40.6 Å². The second kappa shape index (κ2) is 16.8. The lowest BCUT2D eigenvalue weighted by Crippen LogP contribution is -2.50. The highest BCUT2D eigenvalue weighted by Crippen LogP contribution is 2.25. The summed E-state index contributed by atoms with van der Waals surface area (Å²) in [5.74, 6) is 0.799. The van der Waals surface area contributed by atoms with E-state index in [1.54, 1.807) is 23.7 Å². The van der Waals surface area contributed by atoms with Gasteiger partial charge in [0.1, 0.15) is 0 Å². The summed E-state index contributed by atoms with van der Waals surface area (Å²) >= 11 is 3.27. The Labute approximate surface area is 225 Å². The second-order valence-corrected chi connectivity index (χ2v) is 9.55. The van der Waals surface area contributed by atoms with E-state index in [-0.39, 0.29) is 11.9 Å². The summed E-state index contributed by atoms with van der Waals surface area (Å²) in [6.07, 6.45) is 8.84. The van der Waals surface area contributed by atoms with Crippen molar-refractivity contribution in [2.24, 2.45) is 5.16 Å². The first-order valence-corrected chi connectivity index (χ1v) is 14.2. The third-order valence-electron chi connectivity index (χ3n) is 5.39. The Kier molecular flexibility index (Phi) is 13.8. The van der Waals surface area contributed by atoms with Crippen molar-refractivity contribution in [3.63, 3.8) is 0 Å². The number of amides is 1. The van der Waals surface area contributed by atoms with E-state index in [0.717, 1.165) is 30.0 Å². The molecule has 7 heteroatoms. The van der Waals surface area contributed by atoms with Gasteiger partial charge in [-0.25, -0.2) is 4.31 Å². The van der Waals surface area contributed by atoms with Crippen LogP contribution in [0.25, 0.3) is 0 Å². The minimum Gasteiger partial charge on any atom is -0.357 e. The summed E-state index contributed by atoms with van der Waals surface area (Å²) in [6, 6.07) is 20.0. The Morgan fingerprint density at radius 3 is 2.39 bits per heavy atom. The van der Waals surface area contributed by atoms with Crippen molar-refractivity contribution < 1.29 is 9.63 Å². The third-order valence-corrected chi connectivity index (χ3v) is 7.26. The highest BCUT2D eigenvalue weighted by Gasteiger charge is 2.27. The topological polar surface area (TPSA) is 45.1 Å². The molecule has 3 rings (SSSR count). The number of rotatable bonds is 10. The molecule has 1 unspecified atom stereocenters. The first-order chi connectivity index (χ1) is 17.6. The Hall–Kier alpha value is -2.74. The smallest absolute Gasteiger partial charge is 0.253 e. The first-order valence-electron chi connectivity index (χ1n) is 12.2. The first kappa shape index (κ1) is 29.5. The number of nitrogens with zero attached hydrogens (tertiary/aromatic N) is 3. The summed E-state index contributed by atoms with van der Waals surface area (Å²) in [5, 5.41) is 5.70. The average Bonchev–Trinajstić information content (AvgIpc) is 2.94. The lowest BCUT2D eigenvalue weighted by molar-refractivity contribution is 0.0653. The quantitative estimate of drug-likeness (QED) is 0.110. The van der Waals surface area contributed by atoms with Gasteiger partial charge in [0.15, 0.2) is 5.76 Å². The largest absolute Gasteiger partial charge is 0.357 e. The average molecular weight is 524 g/mol. The van der Waals surface area contributed by atoms with Gasteiger partial charge in [-0.15, -0.1) is 11.8 Å². The van der Waals surface area contributed by atoms with E-state index in [4.69, 9.17) is 4.84 Å². The number of hydrogen-bond donors (Lipinski definition) is 0. The summed E-state index contributed by atoms with van der Waals surface area (Å²) in [7, 11) is 0. The van der Waals surface area contributed by atoms with Crippen molar-refractivity contribution in [2.75, 3.05) is 25.9 Å². The molecule has 36 heavy (non-hydrogen) atoms. The lowest BCUT2D eigenvalue weighted by atomic mass is 10.1. The number of carbonyl (C=O) groups is 1. The maximum Gasteiger partial charge on any atom is 0.253 e. The molecule has 1 aliphatic heterocycles. The monoisotopic (exact) mass is 523 g/mol. The fourth-order valence-corrected chi connectivity index (χ4v) is 4.92. The normalized spacial score (nSPS) is 16.9. The Morgan fingerprint density at radius 1 is 1.11 bits per heavy atom. The highest BCUT2D eigenvalue weighted by atomic mass is 32.2. The molecule has 1 saturated heterocycles. The molecule has 0 spiro atoms. The molecule has 1 heterocycles. The minimum absolute atomic E-state index is 0.103. The van der Waals surface area contributed by atoms with Crippen LogP contribution >= 0.6 is 23.7 Å². The number of thioether (sulfide) groups is 1. The van der Waals surface area contributed by atoms with Crippen LogP contribution < -0.4 is 0 Å². The predicted molar refractivity (Wildman–Crippen MR) is 157 cm³/mol. The zero-order valence-corrected chi connectivity index (χ0v) is 23.3. The van der Waals surface area contributed by atoms with Crippen LogP contribution in [0.4, 0.5) is 0 Å². The number of piperazine rings is 1. The molecule has 0 radical (unpaired) electrons. The highest BCUT2D eigenvalue weighted by molar-refractivity contribution is 8.02. The van der Waals surface area contributed by atoms with E-state index < -0.39 is 0 Å². The predicted octanol–water partition coefficient (Wildman–Crippen LogP) is 7.03. The Bertz CT molecular complexity index is 1020. The van der Waals surface area contributed by atoms with Gasteiger partial charge in [-0.3, -0.25) is 4.79 Å². The molecule has 0 aromatic heterocycles. The summed E-state index contributed by atoms with van der Waals surface area (Å²) in [6.45, 7) is 11.9. The van der Waals surface area contributed by atoms with Crippen molar-refractivity contribution in [3.05, 3.63) is 106 Å². The molecule has 1 fully saturated rings. The summed E-state index contributed by atoms with van der Waals surface area (Å²) < 4.78 is 2.31. The van der Waals surface area contributed by atoms with Gasteiger partial charge in [0, 0.05) is 38.0 Å².